The minimum Gasteiger partial charge on any atom is -0.301 e. The average molecular weight is 372 g/mol. The van der Waals surface area contributed by atoms with Crippen molar-refractivity contribution in [2.24, 2.45) is 0 Å². The predicted octanol–water partition coefficient (Wildman–Crippen LogP) is 4.48. The Labute approximate surface area is 156 Å². The van der Waals surface area contributed by atoms with Crippen LogP contribution in [0.15, 0.2) is 53.4 Å². The molecule has 1 N–H and O–H groups in total. The number of hydrogen-bond donors (Lipinski definition) is 1. The molecule has 0 fully saturated rings. The molecule has 0 spiro atoms. The number of thiazole rings is 1. The molecule has 4 nitrogen and oxygen atoms in total. The molecule has 0 aliphatic rings. The Balaban J connectivity index is 1.62. The molecule has 0 saturated carbocycles. The molecule has 0 radical (unpaired) electrons. The van der Waals surface area contributed by atoms with Crippen LogP contribution in [0.1, 0.15) is 12.5 Å². The lowest BCUT2D eigenvalue weighted by molar-refractivity contribution is -0.120. The molecule has 25 heavy (non-hydrogen) atoms. The fraction of sp³-hybridized carbons (Fsp3) is 0.263. The van der Waals surface area contributed by atoms with Gasteiger partial charge in [0.05, 0.1) is 16.3 Å². The highest BCUT2D eigenvalue weighted by Crippen LogP contribution is 2.25. The Morgan fingerprint density at radius 1 is 1.24 bits per heavy atom. The normalized spacial score (nSPS) is 12.5. The number of nitrogens with one attached hydrogen (secondary N) is 1. The first-order valence-corrected chi connectivity index (χ1v) is 10.1. The smallest absolute Gasteiger partial charge is 0.243 e. The number of para-hydroxylation sites is 1. The van der Waals surface area contributed by atoms with Gasteiger partial charge in [0.15, 0.2) is 5.13 Å². The van der Waals surface area contributed by atoms with Crippen LogP contribution in [0.25, 0.3) is 10.2 Å². The Kier molecular flexibility index (Phi) is 5.73. The van der Waals surface area contributed by atoms with E-state index in [1.807, 2.05) is 43.1 Å². The summed E-state index contributed by atoms with van der Waals surface area (Å²) in [6.45, 7) is 2.64. The lowest BCUT2D eigenvalue weighted by atomic mass is 10.2. The molecule has 130 valence electrons. The van der Waals surface area contributed by atoms with Crippen molar-refractivity contribution < 1.29 is 4.79 Å². The minimum atomic E-state index is -0.243. The molecule has 0 unspecified atom stereocenters. The van der Waals surface area contributed by atoms with E-state index in [1.165, 1.54) is 21.8 Å². The number of likely N-dealkylation sites (N-methyl/N-ethyl adjacent to an activating group) is 1. The van der Waals surface area contributed by atoms with Crippen LogP contribution >= 0.6 is 23.1 Å². The molecule has 3 aromatic rings. The largest absolute Gasteiger partial charge is 0.301 e. The standard InChI is InChI=1S/C19H21N3OS2/c1-13(22(2)12-14-8-10-15(24-3)11-9-14)18(23)21-19-20-16-6-4-5-7-17(16)25-19/h4-11,13H,12H2,1-3H3,(H,20,21,23)/t13-/m1/s1. The van der Waals surface area contributed by atoms with Gasteiger partial charge in [-0.3, -0.25) is 9.69 Å². The van der Waals surface area contributed by atoms with Crippen LogP contribution in [0.5, 0.6) is 0 Å². The number of anilines is 1. The van der Waals surface area contributed by atoms with E-state index < -0.39 is 0 Å². The zero-order valence-electron chi connectivity index (χ0n) is 14.5. The summed E-state index contributed by atoms with van der Waals surface area (Å²) in [5.74, 6) is -0.0395. The monoisotopic (exact) mass is 371 g/mol. The molecule has 6 heteroatoms. The second-order valence-corrected chi connectivity index (χ2v) is 7.83. The third-order valence-electron chi connectivity index (χ3n) is 4.16. The van der Waals surface area contributed by atoms with Crippen molar-refractivity contribution >= 4 is 44.4 Å². The third kappa shape index (κ3) is 4.39. The highest BCUT2D eigenvalue weighted by Gasteiger charge is 2.19. The number of carbonyl (C=O) groups is 1. The number of nitrogens with zero attached hydrogens (tertiary/aromatic N) is 2. The van der Waals surface area contributed by atoms with Crippen LogP contribution in [0.4, 0.5) is 5.13 Å². The summed E-state index contributed by atoms with van der Waals surface area (Å²) >= 11 is 3.23. The van der Waals surface area contributed by atoms with E-state index in [0.29, 0.717) is 5.13 Å². The first-order chi connectivity index (χ1) is 12.1. The molecule has 0 saturated heterocycles. The van der Waals surface area contributed by atoms with Crippen molar-refractivity contribution in [3.05, 3.63) is 54.1 Å². The third-order valence-corrected chi connectivity index (χ3v) is 5.85. The van der Waals surface area contributed by atoms with Gasteiger partial charge in [-0.15, -0.1) is 11.8 Å². The van der Waals surface area contributed by atoms with Crippen LogP contribution in [0.3, 0.4) is 0 Å². The lowest BCUT2D eigenvalue weighted by Crippen LogP contribution is -2.39. The predicted molar refractivity (Wildman–Crippen MR) is 107 cm³/mol. The molecule has 2 aromatic carbocycles. The van der Waals surface area contributed by atoms with Gasteiger partial charge in [-0.1, -0.05) is 35.6 Å². The highest BCUT2D eigenvalue weighted by molar-refractivity contribution is 7.98. The number of amides is 1. The molecular weight excluding hydrogens is 350 g/mol. The van der Waals surface area contributed by atoms with E-state index in [1.54, 1.807) is 11.8 Å². The number of aromatic nitrogens is 1. The number of fused-ring (bicyclic) bond motifs is 1. The van der Waals surface area contributed by atoms with E-state index in [9.17, 15) is 4.79 Å². The summed E-state index contributed by atoms with van der Waals surface area (Å²) in [4.78, 5) is 20.3. The zero-order valence-corrected chi connectivity index (χ0v) is 16.2. The summed E-state index contributed by atoms with van der Waals surface area (Å²) in [6, 6.07) is 16.1. The highest BCUT2D eigenvalue weighted by atomic mass is 32.2. The maximum atomic E-state index is 12.5. The molecule has 0 aliphatic carbocycles. The SMILES string of the molecule is CSc1ccc(CN(C)[C@H](C)C(=O)Nc2nc3ccccc3s2)cc1. The van der Waals surface area contributed by atoms with E-state index in [0.717, 1.165) is 16.8 Å². The summed E-state index contributed by atoms with van der Waals surface area (Å²) < 4.78 is 1.08. The second kappa shape index (κ2) is 7.99. The number of rotatable bonds is 6. The molecule has 1 amide bonds. The molecule has 1 heterocycles. The maximum Gasteiger partial charge on any atom is 0.243 e. The molecular formula is C19H21N3OS2. The topological polar surface area (TPSA) is 45.2 Å². The fourth-order valence-corrected chi connectivity index (χ4v) is 3.77. The first kappa shape index (κ1) is 17.9. The van der Waals surface area contributed by atoms with Crippen molar-refractivity contribution in [3.63, 3.8) is 0 Å². The molecule has 0 bridgehead atoms. The molecule has 1 atom stereocenters. The van der Waals surface area contributed by atoms with Gasteiger partial charge in [0.1, 0.15) is 0 Å². The second-order valence-electron chi connectivity index (χ2n) is 5.92. The van der Waals surface area contributed by atoms with Gasteiger partial charge in [-0.05, 0) is 50.1 Å². The summed E-state index contributed by atoms with van der Waals surface area (Å²) in [6.07, 6.45) is 2.07. The lowest BCUT2D eigenvalue weighted by Gasteiger charge is -2.23. The van der Waals surface area contributed by atoms with E-state index in [-0.39, 0.29) is 11.9 Å². The van der Waals surface area contributed by atoms with Crippen molar-refractivity contribution in [1.29, 1.82) is 0 Å². The van der Waals surface area contributed by atoms with Gasteiger partial charge in [-0.25, -0.2) is 4.98 Å². The number of hydrogen-bond acceptors (Lipinski definition) is 5. The minimum absolute atomic E-state index is 0.0395. The van der Waals surface area contributed by atoms with Gasteiger partial charge in [0.25, 0.3) is 0 Å². The number of benzene rings is 2. The maximum absolute atomic E-state index is 12.5. The van der Waals surface area contributed by atoms with Crippen LogP contribution < -0.4 is 5.32 Å². The summed E-state index contributed by atoms with van der Waals surface area (Å²) in [5, 5.41) is 3.59. The van der Waals surface area contributed by atoms with Crippen molar-refractivity contribution in [1.82, 2.24) is 9.88 Å². The molecule has 3 rings (SSSR count). The van der Waals surface area contributed by atoms with Gasteiger partial charge in [0.2, 0.25) is 5.91 Å². The van der Waals surface area contributed by atoms with Crippen molar-refractivity contribution in [3.8, 4) is 0 Å². The summed E-state index contributed by atoms with van der Waals surface area (Å²) in [7, 11) is 1.96. The molecule has 1 aromatic heterocycles. The fourth-order valence-electron chi connectivity index (χ4n) is 2.49. The van der Waals surface area contributed by atoms with Crippen LogP contribution in [0, 0.1) is 0 Å². The Morgan fingerprint density at radius 3 is 2.64 bits per heavy atom. The van der Waals surface area contributed by atoms with Gasteiger partial charge < -0.3 is 5.32 Å². The Morgan fingerprint density at radius 2 is 1.96 bits per heavy atom. The van der Waals surface area contributed by atoms with Crippen LogP contribution in [0.2, 0.25) is 0 Å². The van der Waals surface area contributed by atoms with E-state index in [4.69, 9.17) is 0 Å². The van der Waals surface area contributed by atoms with Gasteiger partial charge >= 0.3 is 0 Å². The van der Waals surface area contributed by atoms with Gasteiger partial charge in [-0.2, -0.15) is 0 Å². The first-order valence-electron chi connectivity index (χ1n) is 8.06. The number of thioether (sulfide) groups is 1. The summed E-state index contributed by atoms with van der Waals surface area (Å²) in [5.41, 5.74) is 2.11. The van der Waals surface area contributed by atoms with E-state index in [2.05, 4.69) is 40.8 Å². The number of carbonyl (C=O) groups excluding carboxylic acids is 1. The van der Waals surface area contributed by atoms with Crippen molar-refractivity contribution in [2.45, 2.75) is 24.4 Å². The quantitative estimate of drug-likeness (QED) is 0.649. The van der Waals surface area contributed by atoms with Crippen molar-refractivity contribution in [2.75, 3.05) is 18.6 Å². The van der Waals surface area contributed by atoms with Crippen LogP contribution in [-0.2, 0) is 11.3 Å². The van der Waals surface area contributed by atoms with Crippen LogP contribution in [-0.4, -0.2) is 35.1 Å². The van der Waals surface area contributed by atoms with Gasteiger partial charge in [0, 0.05) is 11.4 Å². The molecule has 0 aliphatic heterocycles. The van der Waals surface area contributed by atoms with E-state index >= 15 is 0 Å². The Bertz CT molecular complexity index is 827. The zero-order chi connectivity index (χ0) is 17.8. The average Bonchev–Trinajstić information content (AvgIpc) is 3.03. The Hall–Kier alpha value is -1.89.